The number of fused-ring (bicyclic) bond motifs is 2. The molecule has 0 bridgehead atoms. The van der Waals surface area contributed by atoms with Crippen molar-refractivity contribution in [1.29, 1.82) is 0 Å². The zero-order valence-electron chi connectivity index (χ0n) is 41.5. The van der Waals surface area contributed by atoms with Crippen molar-refractivity contribution in [1.82, 2.24) is 14.5 Å². The Morgan fingerprint density at radius 3 is 1.20 bits per heavy atom. The number of aromatic carboxylic acids is 2. The number of benzene rings is 6. The first-order valence-corrected chi connectivity index (χ1v) is 22.3. The topological polar surface area (TPSA) is 260 Å². The summed E-state index contributed by atoms with van der Waals surface area (Å²) < 4.78 is 2.00. The second-order valence-corrected chi connectivity index (χ2v) is 15.8. The number of anilines is 1. The maximum atomic E-state index is 13.0. The molecule has 0 radical (unpaired) electrons. The summed E-state index contributed by atoms with van der Waals surface area (Å²) >= 11 is 0. The molecule has 2 heterocycles. The third-order valence-electron chi connectivity index (χ3n) is 10.7. The van der Waals surface area contributed by atoms with Crippen molar-refractivity contribution >= 4 is 73.7 Å². The lowest BCUT2D eigenvalue weighted by molar-refractivity contribution is 0.0676. The highest BCUT2D eigenvalue weighted by molar-refractivity contribution is 6.15. The second-order valence-electron chi connectivity index (χ2n) is 15.8. The van der Waals surface area contributed by atoms with E-state index in [1.165, 1.54) is 26.2 Å². The van der Waals surface area contributed by atoms with Crippen LogP contribution in [0.2, 0.25) is 0 Å². The van der Waals surface area contributed by atoms with Crippen LogP contribution in [0.15, 0.2) is 161 Å². The number of carboxylic acid groups (broad SMARTS) is 2. The fourth-order valence-corrected chi connectivity index (χ4v) is 6.80. The molecular weight excluding hydrogens is 957 g/mol. The van der Waals surface area contributed by atoms with E-state index in [1.807, 2.05) is 76.2 Å². The van der Waals surface area contributed by atoms with Gasteiger partial charge >= 0.3 is 11.9 Å². The Balaban J connectivity index is 0.000000239. The van der Waals surface area contributed by atoms with E-state index >= 15 is 0 Å². The minimum Gasteiger partial charge on any atom is -0.478 e. The standard InChI is InChI=1S/C24H20N4O6.C24H16N4O4.C5H4.C4H6/c1-13-3-5-15(6-4-13)27-28-16-9-7-14(8-10-16)26-22(30)18-12-19(23(31)32)17(21(29)25-2)11-20(18)24(33)34;1-13-3-5-14(6-4-13)25-26-15-7-9-16(10-8-15)28-23(31)19-11-17-18(12-20(19)24(28)32)22(30)27(2)21(17)29;1-3-5-4-2;1-3-4-2/h3-12H,1-2H3,(H,25,29)(H,26,30)(H,31,32)(H,33,34);3-12H,1-2H3;1H,2H3;1-2H3. The third-order valence-corrected chi connectivity index (χ3v) is 10.7. The molecule has 0 spiro atoms. The lowest BCUT2D eigenvalue weighted by Gasteiger charge is -2.12. The number of amides is 2. The van der Waals surface area contributed by atoms with Crippen LogP contribution in [0.5, 0.6) is 0 Å². The van der Waals surface area contributed by atoms with Crippen LogP contribution >= 0.6 is 0 Å². The average Bonchev–Trinajstić information content (AvgIpc) is 3.78. The number of carbonyl (C=O) groups is 4. The van der Waals surface area contributed by atoms with Crippen molar-refractivity contribution < 1.29 is 29.4 Å². The molecule has 2 amide bonds. The lowest BCUT2D eigenvalue weighted by atomic mass is 9.97. The van der Waals surface area contributed by atoms with Gasteiger partial charge in [-0.15, -0.1) is 18.3 Å². The molecule has 0 unspecified atom stereocenters. The smallest absolute Gasteiger partial charge is 0.336 e. The summed E-state index contributed by atoms with van der Waals surface area (Å²) in [6.45, 7) is 9.30. The number of aromatic nitrogens is 2. The van der Waals surface area contributed by atoms with E-state index in [4.69, 9.17) is 6.42 Å². The highest BCUT2D eigenvalue weighted by Gasteiger charge is 2.26. The molecule has 18 nitrogen and oxygen atoms in total. The van der Waals surface area contributed by atoms with Crippen LogP contribution in [0.25, 0.3) is 27.2 Å². The van der Waals surface area contributed by atoms with Gasteiger partial charge < -0.3 is 20.8 Å². The van der Waals surface area contributed by atoms with E-state index in [0.29, 0.717) is 34.1 Å². The van der Waals surface area contributed by atoms with Crippen LogP contribution in [-0.4, -0.2) is 50.1 Å². The molecule has 0 saturated carbocycles. The first-order chi connectivity index (χ1) is 35.9. The predicted octanol–water partition coefficient (Wildman–Crippen LogP) is 9.25. The average molecular weight is 1000 g/mol. The zero-order chi connectivity index (χ0) is 54.9. The molecule has 4 N–H and O–H groups in total. The Morgan fingerprint density at radius 1 is 0.507 bits per heavy atom. The molecule has 374 valence electrons. The van der Waals surface area contributed by atoms with Crippen molar-refractivity contribution in [2.75, 3.05) is 12.4 Å². The molecule has 0 fully saturated rings. The van der Waals surface area contributed by atoms with Gasteiger partial charge in [0.1, 0.15) is 0 Å². The van der Waals surface area contributed by atoms with Crippen LogP contribution in [0, 0.1) is 49.9 Å². The molecule has 2 aromatic heterocycles. The summed E-state index contributed by atoms with van der Waals surface area (Å²) in [7, 11) is 2.64. The Morgan fingerprint density at radius 2 is 0.867 bits per heavy atom. The van der Waals surface area contributed by atoms with Gasteiger partial charge in [0.05, 0.1) is 72.2 Å². The number of hydrogen-bond acceptors (Lipinski definition) is 12. The summed E-state index contributed by atoms with van der Waals surface area (Å²) in [4.78, 5) is 98.4. The van der Waals surface area contributed by atoms with E-state index in [-0.39, 0.29) is 27.1 Å². The number of azo groups is 2. The maximum absolute atomic E-state index is 13.0. The van der Waals surface area contributed by atoms with E-state index in [2.05, 4.69) is 60.7 Å². The molecule has 0 aliphatic heterocycles. The minimum atomic E-state index is -1.49. The van der Waals surface area contributed by atoms with Gasteiger partial charge in [-0.1, -0.05) is 41.3 Å². The number of carboxylic acids is 2. The zero-order valence-corrected chi connectivity index (χ0v) is 41.5. The molecule has 0 aliphatic carbocycles. The molecule has 6 aromatic carbocycles. The first kappa shape index (κ1) is 55.3. The number of terminal acetylenes is 1. The predicted molar refractivity (Wildman–Crippen MR) is 287 cm³/mol. The van der Waals surface area contributed by atoms with E-state index in [9.17, 15) is 48.6 Å². The molecule has 75 heavy (non-hydrogen) atoms. The Kier molecular flexibility index (Phi) is 18.8. The molecule has 0 saturated heterocycles. The van der Waals surface area contributed by atoms with Gasteiger partial charge in [0.2, 0.25) is 0 Å². The minimum absolute atomic E-state index is 0.105. The van der Waals surface area contributed by atoms with E-state index < -0.39 is 62.7 Å². The van der Waals surface area contributed by atoms with Crippen LogP contribution < -0.4 is 32.9 Å². The summed E-state index contributed by atoms with van der Waals surface area (Å²) in [6, 6.07) is 32.3. The number of hydrogen-bond donors (Lipinski definition) is 4. The van der Waals surface area contributed by atoms with Gasteiger partial charge in [-0.3, -0.25) is 33.3 Å². The fraction of sp³-hybridized carbons (Fsp3) is 0.123. The largest absolute Gasteiger partial charge is 0.478 e. The van der Waals surface area contributed by atoms with Gasteiger partial charge in [0.25, 0.3) is 34.1 Å². The summed E-state index contributed by atoms with van der Waals surface area (Å²) in [6.07, 6.45) is 4.72. The summed E-state index contributed by atoms with van der Waals surface area (Å²) in [5.41, 5.74) is 1.53. The van der Waals surface area contributed by atoms with Crippen molar-refractivity contribution in [3.63, 3.8) is 0 Å². The van der Waals surface area contributed by atoms with E-state index in [1.54, 1.807) is 55.5 Å². The van der Waals surface area contributed by atoms with E-state index in [0.717, 1.165) is 32.4 Å². The highest BCUT2D eigenvalue weighted by atomic mass is 16.4. The first-order valence-electron chi connectivity index (χ1n) is 22.3. The number of rotatable bonds is 10. The molecule has 8 aromatic rings. The quantitative estimate of drug-likeness (QED) is 0.0745. The van der Waals surface area contributed by atoms with Crippen molar-refractivity contribution in [2.45, 2.75) is 34.6 Å². The third kappa shape index (κ3) is 13.6. The normalized spacial score (nSPS) is 10.3. The van der Waals surface area contributed by atoms with Crippen LogP contribution in [0.3, 0.4) is 0 Å². The van der Waals surface area contributed by atoms with Crippen LogP contribution in [0.4, 0.5) is 28.4 Å². The fourth-order valence-electron chi connectivity index (χ4n) is 6.80. The van der Waals surface area contributed by atoms with Crippen molar-refractivity contribution in [3.05, 3.63) is 196 Å². The Labute approximate surface area is 428 Å². The molecular formula is C57H46N8O10. The Bertz CT molecular complexity index is 3840. The highest BCUT2D eigenvalue weighted by Crippen LogP contribution is 2.25. The maximum Gasteiger partial charge on any atom is 0.336 e. The van der Waals surface area contributed by atoms with Gasteiger partial charge in [-0.05, 0) is 144 Å². The van der Waals surface area contributed by atoms with Gasteiger partial charge in [0.15, 0.2) is 0 Å². The summed E-state index contributed by atoms with van der Waals surface area (Å²) in [5, 5.41) is 40.8. The molecule has 0 atom stereocenters. The number of nitrogens with one attached hydrogen (secondary N) is 2. The molecule has 18 heteroatoms. The molecule has 8 rings (SSSR count). The second kappa shape index (κ2) is 25.5. The van der Waals surface area contributed by atoms with Crippen LogP contribution in [0.1, 0.15) is 73.3 Å². The van der Waals surface area contributed by atoms with Gasteiger partial charge in [-0.2, -0.15) is 20.5 Å². The lowest BCUT2D eigenvalue weighted by Crippen LogP contribution is -2.24. The monoisotopic (exact) mass is 1000 g/mol. The van der Waals surface area contributed by atoms with Crippen molar-refractivity contribution in [3.8, 4) is 41.7 Å². The Hall–Kier alpha value is -10.6. The SMILES string of the molecule is C#CC#CC.CC#CC.CNC(=O)c1cc(C(=O)O)c(C(=O)Nc2ccc(N=Nc3ccc(C)cc3)cc2)cc1C(=O)O.Cc1ccc(N=Nc2ccc(-n3c(=O)c4cc5c(=O)n(C)c(=O)c5cc4c3=O)cc2)cc1. The van der Waals surface area contributed by atoms with Crippen molar-refractivity contribution in [2.24, 2.45) is 27.5 Å². The molecule has 0 aliphatic rings. The van der Waals surface area contributed by atoms with Gasteiger partial charge in [-0.25, -0.2) is 14.2 Å². The number of nitrogens with zero attached hydrogens (tertiary/aromatic N) is 6. The van der Waals surface area contributed by atoms with Gasteiger partial charge in [0, 0.05) is 19.8 Å². The van der Waals surface area contributed by atoms with Crippen LogP contribution in [-0.2, 0) is 7.05 Å². The summed E-state index contributed by atoms with van der Waals surface area (Å²) in [5.74, 6) is 7.83. The number of aryl methyl sites for hydroxylation is 2. The number of carbonyl (C=O) groups excluding carboxylic acids is 2.